The van der Waals surface area contributed by atoms with Crippen molar-refractivity contribution in [1.82, 2.24) is 0 Å². The zero-order chi connectivity index (χ0) is 14.8. The van der Waals surface area contributed by atoms with Gasteiger partial charge in [0, 0.05) is 18.8 Å². The van der Waals surface area contributed by atoms with Crippen molar-refractivity contribution >= 4 is 5.69 Å². The number of benzene rings is 2. The summed E-state index contributed by atoms with van der Waals surface area (Å²) in [4.78, 5) is 0. The third kappa shape index (κ3) is 5.60. The van der Waals surface area contributed by atoms with Gasteiger partial charge < -0.3 is 10.4 Å². The maximum absolute atomic E-state index is 8.76. The summed E-state index contributed by atoms with van der Waals surface area (Å²) in [7, 11) is 0. The zero-order valence-corrected chi connectivity index (χ0v) is 12.6. The van der Waals surface area contributed by atoms with Gasteiger partial charge in [0.25, 0.3) is 0 Å². The predicted molar refractivity (Wildman–Crippen MR) is 89.7 cm³/mol. The minimum atomic E-state index is 0.313. The monoisotopic (exact) mass is 283 g/mol. The van der Waals surface area contributed by atoms with Crippen molar-refractivity contribution in [3.8, 4) is 0 Å². The first-order chi connectivity index (χ1) is 10.4. The van der Waals surface area contributed by atoms with E-state index in [1.54, 1.807) is 0 Å². The zero-order valence-electron chi connectivity index (χ0n) is 12.6. The van der Waals surface area contributed by atoms with Crippen molar-refractivity contribution < 1.29 is 5.11 Å². The van der Waals surface area contributed by atoms with Gasteiger partial charge in [0.1, 0.15) is 0 Å². The second-order valence-corrected chi connectivity index (χ2v) is 5.38. The van der Waals surface area contributed by atoms with E-state index in [0.717, 1.165) is 32.2 Å². The molecule has 0 saturated carbocycles. The summed E-state index contributed by atoms with van der Waals surface area (Å²) < 4.78 is 0. The van der Waals surface area contributed by atoms with Gasteiger partial charge in [0.2, 0.25) is 0 Å². The standard InChI is InChI=1S/C19H25NO/c21-15-9-2-1-8-14-20-19-13-7-6-12-18(19)16-17-10-4-3-5-11-17/h3-7,10-13,20-21H,1-2,8-9,14-16H2. The molecule has 2 aromatic carbocycles. The highest BCUT2D eigenvalue weighted by atomic mass is 16.2. The number of anilines is 1. The summed E-state index contributed by atoms with van der Waals surface area (Å²) >= 11 is 0. The second-order valence-electron chi connectivity index (χ2n) is 5.38. The van der Waals surface area contributed by atoms with Gasteiger partial charge in [-0.2, -0.15) is 0 Å². The summed E-state index contributed by atoms with van der Waals surface area (Å²) in [6.07, 6.45) is 5.33. The van der Waals surface area contributed by atoms with Gasteiger partial charge >= 0.3 is 0 Å². The fourth-order valence-corrected chi connectivity index (χ4v) is 2.48. The largest absolute Gasteiger partial charge is 0.396 e. The van der Waals surface area contributed by atoms with Crippen LogP contribution in [0.15, 0.2) is 54.6 Å². The number of nitrogens with one attached hydrogen (secondary N) is 1. The molecule has 0 radical (unpaired) electrons. The summed E-state index contributed by atoms with van der Waals surface area (Å²) in [5.41, 5.74) is 3.93. The molecule has 2 nitrogen and oxygen atoms in total. The van der Waals surface area contributed by atoms with Crippen LogP contribution >= 0.6 is 0 Å². The highest BCUT2D eigenvalue weighted by Crippen LogP contribution is 2.19. The van der Waals surface area contributed by atoms with Crippen molar-refractivity contribution in [1.29, 1.82) is 0 Å². The van der Waals surface area contributed by atoms with Crippen molar-refractivity contribution in [2.75, 3.05) is 18.5 Å². The molecule has 2 N–H and O–H groups in total. The Bertz CT molecular complexity index is 510. The van der Waals surface area contributed by atoms with Crippen molar-refractivity contribution in [3.63, 3.8) is 0 Å². The number of rotatable bonds is 9. The molecule has 0 aliphatic rings. The highest BCUT2D eigenvalue weighted by Gasteiger charge is 2.02. The van der Waals surface area contributed by atoms with Crippen LogP contribution in [0, 0.1) is 0 Å². The smallest absolute Gasteiger partial charge is 0.0431 e. The first-order valence-electron chi connectivity index (χ1n) is 7.86. The average molecular weight is 283 g/mol. The van der Waals surface area contributed by atoms with Gasteiger partial charge in [-0.3, -0.25) is 0 Å². The average Bonchev–Trinajstić information content (AvgIpc) is 2.53. The molecule has 0 aliphatic carbocycles. The number of para-hydroxylation sites is 1. The van der Waals surface area contributed by atoms with Crippen LogP contribution in [0.3, 0.4) is 0 Å². The van der Waals surface area contributed by atoms with Crippen LogP contribution in [0.25, 0.3) is 0 Å². The van der Waals surface area contributed by atoms with E-state index in [1.807, 2.05) is 0 Å². The van der Waals surface area contributed by atoms with Crippen LogP contribution < -0.4 is 5.32 Å². The van der Waals surface area contributed by atoms with Gasteiger partial charge in [-0.1, -0.05) is 61.4 Å². The predicted octanol–water partition coefficient (Wildman–Crippen LogP) is 4.24. The van der Waals surface area contributed by atoms with Crippen molar-refractivity contribution in [2.45, 2.75) is 32.1 Å². The molecule has 0 aromatic heterocycles. The molecule has 0 atom stereocenters. The fraction of sp³-hybridized carbons (Fsp3) is 0.368. The molecule has 0 spiro atoms. The summed E-state index contributed by atoms with van der Waals surface area (Å²) in [5.74, 6) is 0. The minimum Gasteiger partial charge on any atom is -0.396 e. The Morgan fingerprint density at radius 3 is 2.29 bits per heavy atom. The first kappa shape index (κ1) is 15.6. The second kappa shape index (κ2) is 9.19. The number of hydrogen-bond donors (Lipinski definition) is 2. The molecule has 0 fully saturated rings. The Morgan fingerprint density at radius 1 is 0.762 bits per heavy atom. The Labute approximate surface area is 127 Å². The molecule has 0 amide bonds. The molecular weight excluding hydrogens is 258 g/mol. The van der Waals surface area contributed by atoms with E-state index in [4.69, 9.17) is 5.11 Å². The molecule has 0 unspecified atom stereocenters. The summed E-state index contributed by atoms with van der Waals surface area (Å²) in [5, 5.41) is 12.3. The van der Waals surface area contributed by atoms with Gasteiger partial charge in [-0.25, -0.2) is 0 Å². The normalized spacial score (nSPS) is 10.5. The lowest BCUT2D eigenvalue weighted by molar-refractivity contribution is 0.283. The summed E-state index contributed by atoms with van der Waals surface area (Å²) in [6, 6.07) is 19.1. The quantitative estimate of drug-likeness (QED) is 0.675. The number of aliphatic hydroxyl groups is 1. The Kier molecular flexibility index (Phi) is 6.82. The molecule has 2 heteroatoms. The molecule has 0 bridgehead atoms. The summed E-state index contributed by atoms with van der Waals surface area (Å²) in [6.45, 7) is 1.31. The molecule has 0 aliphatic heterocycles. The third-order valence-corrected chi connectivity index (χ3v) is 3.66. The first-order valence-corrected chi connectivity index (χ1v) is 7.86. The van der Waals surface area contributed by atoms with E-state index in [-0.39, 0.29) is 0 Å². The maximum atomic E-state index is 8.76. The Hall–Kier alpha value is -1.80. The van der Waals surface area contributed by atoms with E-state index < -0.39 is 0 Å². The van der Waals surface area contributed by atoms with Crippen LogP contribution in [0.4, 0.5) is 5.69 Å². The highest BCUT2D eigenvalue weighted by molar-refractivity contribution is 5.52. The van der Waals surface area contributed by atoms with Gasteiger partial charge in [-0.15, -0.1) is 0 Å². The van der Waals surface area contributed by atoms with Crippen molar-refractivity contribution in [3.05, 3.63) is 65.7 Å². The third-order valence-electron chi connectivity index (χ3n) is 3.66. The number of unbranched alkanes of at least 4 members (excludes halogenated alkanes) is 3. The SMILES string of the molecule is OCCCCCCNc1ccccc1Cc1ccccc1. The fourth-order valence-electron chi connectivity index (χ4n) is 2.48. The van der Waals surface area contributed by atoms with Crippen LogP contribution in [0.1, 0.15) is 36.8 Å². The van der Waals surface area contributed by atoms with E-state index >= 15 is 0 Å². The van der Waals surface area contributed by atoms with E-state index in [9.17, 15) is 0 Å². The van der Waals surface area contributed by atoms with E-state index in [0.29, 0.717) is 6.61 Å². The Morgan fingerprint density at radius 2 is 1.48 bits per heavy atom. The maximum Gasteiger partial charge on any atom is 0.0431 e. The van der Waals surface area contributed by atoms with Crippen LogP contribution in [0.5, 0.6) is 0 Å². The molecule has 112 valence electrons. The molecule has 0 heterocycles. The van der Waals surface area contributed by atoms with Crippen molar-refractivity contribution in [2.24, 2.45) is 0 Å². The molecule has 21 heavy (non-hydrogen) atoms. The molecule has 2 rings (SSSR count). The van der Waals surface area contributed by atoms with Gasteiger partial charge in [0.05, 0.1) is 0 Å². The Balaban J connectivity index is 1.85. The van der Waals surface area contributed by atoms with Gasteiger partial charge in [-0.05, 0) is 36.5 Å². The minimum absolute atomic E-state index is 0.313. The van der Waals surface area contributed by atoms with Crippen LogP contribution in [0.2, 0.25) is 0 Å². The van der Waals surface area contributed by atoms with E-state index in [1.165, 1.54) is 23.2 Å². The van der Waals surface area contributed by atoms with Crippen LogP contribution in [-0.4, -0.2) is 18.3 Å². The lowest BCUT2D eigenvalue weighted by atomic mass is 10.0. The van der Waals surface area contributed by atoms with E-state index in [2.05, 4.69) is 59.9 Å². The topological polar surface area (TPSA) is 32.3 Å². The molecular formula is C19H25NO. The lowest BCUT2D eigenvalue weighted by Crippen LogP contribution is -2.04. The molecule has 2 aromatic rings. The lowest BCUT2D eigenvalue weighted by Gasteiger charge is -2.12. The number of aliphatic hydroxyl groups excluding tert-OH is 1. The van der Waals surface area contributed by atoms with Gasteiger partial charge in [0.15, 0.2) is 0 Å². The number of hydrogen-bond acceptors (Lipinski definition) is 2. The molecule has 0 saturated heterocycles. The van der Waals surface area contributed by atoms with Crippen LogP contribution in [-0.2, 0) is 6.42 Å².